The molecule has 0 bridgehead atoms. The summed E-state index contributed by atoms with van der Waals surface area (Å²) in [7, 11) is 0. The summed E-state index contributed by atoms with van der Waals surface area (Å²) in [6, 6.07) is 0. The van der Waals surface area contributed by atoms with Gasteiger partial charge in [0.05, 0.1) is 6.61 Å². The molecule has 3 N–H and O–H groups in total. The van der Waals surface area contributed by atoms with Crippen molar-refractivity contribution in [1.29, 1.82) is 0 Å². The van der Waals surface area contributed by atoms with E-state index in [-0.39, 0.29) is 11.8 Å². The minimum Gasteiger partial charge on any atom is -0.381 e. The van der Waals surface area contributed by atoms with Crippen molar-refractivity contribution in [2.24, 2.45) is 23.5 Å². The molecule has 4 heteroatoms. The molecule has 1 aliphatic heterocycles. The van der Waals surface area contributed by atoms with Crippen LogP contribution in [0.15, 0.2) is 0 Å². The van der Waals surface area contributed by atoms with Gasteiger partial charge < -0.3 is 15.8 Å². The third kappa shape index (κ3) is 3.95. The quantitative estimate of drug-likeness (QED) is 0.794. The number of hydrogen-bond donors (Lipinski definition) is 2. The highest BCUT2D eigenvalue weighted by Gasteiger charge is 2.26. The van der Waals surface area contributed by atoms with Gasteiger partial charge >= 0.3 is 0 Å². The van der Waals surface area contributed by atoms with E-state index < -0.39 is 0 Å². The van der Waals surface area contributed by atoms with E-state index in [9.17, 15) is 4.79 Å². The summed E-state index contributed by atoms with van der Waals surface area (Å²) >= 11 is 0. The molecule has 1 saturated carbocycles. The fraction of sp³-hybridized carbons (Fsp3) is 0.929. The maximum absolute atomic E-state index is 12.1. The molecule has 4 nitrogen and oxygen atoms in total. The molecule has 1 heterocycles. The Morgan fingerprint density at radius 1 is 1.17 bits per heavy atom. The fourth-order valence-corrected chi connectivity index (χ4v) is 3.02. The molecule has 0 radical (unpaired) electrons. The Hall–Kier alpha value is -0.610. The molecule has 0 aromatic heterocycles. The van der Waals surface area contributed by atoms with Crippen LogP contribution in [0.1, 0.15) is 38.5 Å². The third-order valence-corrected chi connectivity index (χ3v) is 4.37. The van der Waals surface area contributed by atoms with Crippen molar-refractivity contribution < 1.29 is 9.53 Å². The predicted molar refractivity (Wildman–Crippen MR) is 71.1 cm³/mol. The molecular weight excluding hydrogens is 228 g/mol. The van der Waals surface area contributed by atoms with Gasteiger partial charge in [0.25, 0.3) is 0 Å². The lowest BCUT2D eigenvalue weighted by Gasteiger charge is -2.28. The van der Waals surface area contributed by atoms with Crippen LogP contribution in [0.5, 0.6) is 0 Å². The second-order valence-electron chi connectivity index (χ2n) is 5.78. The molecule has 0 spiro atoms. The molecule has 0 aromatic carbocycles. The summed E-state index contributed by atoms with van der Waals surface area (Å²) in [6.45, 7) is 3.25. The van der Waals surface area contributed by atoms with Crippen molar-refractivity contribution in [2.75, 3.05) is 26.3 Å². The first-order valence-corrected chi connectivity index (χ1v) is 7.35. The zero-order valence-electron chi connectivity index (χ0n) is 11.2. The average molecular weight is 254 g/mol. The van der Waals surface area contributed by atoms with Crippen LogP contribution in [-0.2, 0) is 9.53 Å². The van der Waals surface area contributed by atoms with Crippen LogP contribution in [0.2, 0.25) is 0 Å². The molecule has 1 aliphatic carbocycles. The van der Waals surface area contributed by atoms with Crippen molar-refractivity contribution in [1.82, 2.24) is 5.32 Å². The smallest absolute Gasteiger partial charge is 0.223 e. The number of carbonyl (C=O) groups excluding carboxylic acids is 1. The Balaban J connectivity index is 1.65. The summed E-state index contributed by atoms with van der Waals surface area (Å²) < 4.78 is 5.42. The Morgan fingerprint density at radius 3 is 2.56 bits per heavy atom. The SMILES string of the molecule is NCC1CCC(C(=O)NCC2CCCOC2)CC1. The molecule has 18 heavy (non-hydrogen) atoms. The third-order valence-electron chi connectivity index (χ3n) is 4.37. The van der Waals surface area contributed by atoms with Crippen LogP contribution >= 0.6 is 0 Å². The summed E-state index contributed by atoms with van der Waals surface area (Å²) in [4.78, 5) is 12.1. The van der Waals surface area contributed by atoms with Crippen LogP contribution in [0.25, 0.3) is 0 Å². The number of rotatable bonds is 4. The van der Waals surface area contributed by atoms with Gasteiger partial charge in [0, 0.05) is 19.1 Å². The number of hydrogen-bond acceptors (Lipinski definition) is 3. The molecule has 1 saturated heterocycles. The standard InChI is InChI=1S/C14H26N2O2/c15-8-11-3-5-13(6-4-11)14(17)16-9-12-2-1-7-18-10-12/h11-13H,1-10,15H2,(H,16,17). The Morgan fingerprint density at radius 2 is 1.94 bits per heavy atom. The normalized spacial score (nSPS) is 33.1. The first-order valence-electron chi connectivity index (χ1n) is 7.35. The lowest BCUT2D eigenvalue weighted by Crippen LogP contribution is -2.38. The van der Waals surface area contributed by atoms with E-state index in [4.69, 9.17) is 10.5 Å². The van der Waals surface area contributed by atoms with Crippen molar-refractivity contribution in [3.8, 4) is 0 Å². The lowest BCUT2D eigenvalue weighted by atomic mass is 9.81. The number of amides is 1. The zero-order chi connectivity index (χ0) is 12.8. The van der Waals surface area contributed by atoms with Crippen LogP contribution in [0.3, 0.4) is 0 Å². The maximum Gasteiger partial charge on any atom is 0.223 e. The van der Waals surface area contributed by atoms with Crippen molar-refractivity contribution in [2.45, 2.75) is 38.5 Å². The second-order valence-corrected chi connectivity index (χ2v) is 5.78. The van der Waals surface area contributed by atoms with E-state index in [0.29, 0.717) is 11.8 Å². The molecule has 2 fully saturated rings. The van der Waals surface area contributed by atoms with E-state index in [0.717, 1.165) is 58.4 Å². The van der Waals surface area contributed by atoms with E-state index >= 15 is 0 Å². The predicted octanol–water partition coefficient (Wildman–Crippen LogP) is 1.29. The molecule has 0 aromatic rings. The Labute approximate surface area is 110 Å². The van der Waals surface area contributed by atoms with Gasteiger partial charge in [-0.1, -0.05) is 0 Å². The first-order chi connectivity index (χ1) is 8.79. The largest absolute Gasteiger partial charge is 0.381 e. The minimum atomic E-state index is 0.220. The number of nitrogens with two attached hydrogens (primary N) is 1. The van der Waals surface area contributed by atoms with Gasteiger partial charge in [-0.05, 0) is 56.9 Å². The van der Waals surface area contributed by atoms with E-state index in [1.165, 1.54) is 6.42 Å². The maximum atomic E-state index is 12.1. The molecule has 2 aliphatic rings. The minimum absolute atomic E-state index is 0.220. The summed E-state index contributed by atoms with van der Waals surface area (Å²) in [6.07, 6.45) is 6.55. The van der Waals surface area contributed by atoms with Gasteiger partial charge in [-0.3, -0.25) is 4.79 Å². The zero-order valence-corrected chi connectivity index (χ0v) is 11.2. The van der Waals surface area contributed by atoms with Gasteiger partial charge in [0.1, 0.15) is 0 Å². The highest BCUT2D eigenvalue weighted by molar-refractivity contribution is 5.78. The number of ether oxygens (including phenoxy) is 1. The van der Waals surface area contributed by atoms with Gasteiger partial charge in [0.2, 0.25) is 5.91 Å². The summed E-state index contributed by atoms with van der Waals surface area (Å²) in [5.41, 5.74) is 5.67. The Bertz CT molecular complexity index is 257. The Kier molecular flexibility index (Phi) is 5.45. The molecular formula is C14H26N2O2. The first kappa shape index (κ1) is 13.8. The van der Waals surface area contributed by atoms with Crippen LogP contribution in [0, 0.1) is 17.8 Å². The van der Waals surface area contributed by atoms with Gasteiger partial charge in [0.15, 0.2) is 0 Å². The van der Waals surface area contributed by atoms with Crippen LogP contribution < -0.4 is 11.1 Å². The summed E-state index contributed by atoms with van der Waals surface area (Å²) in [5.74, 6) is 1.62. The van der Waals surface area contributed by atoms with Crippen molar-refractivity contribution in [3.63, 3.8) is 0 Å². The van der Waals surface area contributed by atoms with E-state index in [1.54, 1.807) is 0 Å². The molecule has 104 valence electrons. The van der Waals surface area contributed by atoms with Crippen LogP contribution in [-0.4, -0.2) is 32.2 Å². The van der Waals surface area contributed by atoms with E-state index in [2.05, 4.69) is 5.32 Å². The number of carbonyl (C=O) groups is 1. The highest BCUT2D eigenvalue weighted by atomic mass is 16.5. The monoisotopic (exact) mass is 254 g/mol. The number of nitrogens with one attached hydrogen (secondary N) is 1. The average Bonchev–Trinajstić information content (AvgIpc) is 2.46. The van der Waals surface area contributed by atoms with Gasteiger partial charge in [-0.25, -0.2) is 0 Å². The van der Waals surface area contributed by atoms with E-state index in [1.807, 2.05) is 0 Å². The van der Waals surface area contributed by atoms with Crippen LogP contribution in [0.4, 0.5) is 0 Å². The highest BCUT2D eigenvalue weighted by Crippen LogP contribution is 2.28. The van der Waals surface area contributed by atoms with Crippen molar-refractivity contribution in [3.05, 3.63) is 0 Å². The molecule has 2 rings (SSSR count). The van der Waals surface area contributed by atoms with Gasteiger partial charge in [-0.15, -0.1) is 0 Å². The second kappa shape index (κ2) is 7.10. The van der Waals surface area contributed by atoms with Crippen molar-refractivity contribution >= 4 is 5.91 Å². The van der Waals surface area contributed by atoms with Gasteiger partial charge in [-0.2, -0.15) is 0 Å². The molecule has 1 amide bonds. The summed E-state index contributed by atoms with van der Waals surface area (Å²) in [5, 5.41) is 3.10. The fourth-order valence-electron chi connectivity index (χ4n) is 3.02. The lowest BCUT2D eigenvalue weighted by molar-refractivity contribution is -0.126. The topological polar surface area (TPSA) is 64.4 Å². The molecule has 1 unspecified atom stereocenters. The molecule has 1 atom stereocenters.